The molecule has 28 heavy (non-hydrogen) atoms. The lowest BCUT2D eigenvalue weighted by molar-refractivity contribution is -0.116. The molecule has 0 saturated carbocycles. The number of aryl methyl sites for hydroxylation is 1. The maximum atomic E-state index is 14.0. The first kappa shape index (κ1) is 17.9. The summed E-state index contributed by atoms with van der Waals surface area (Å²) in [5.41, 5.74) is 2.56. The largest absolute Gasteiger partial charge is 0.325 e. The summed E-state index contributed by atoms with van der Waals surface area (Å²) in [6.07, 6.45) is 0. The molecule has 0 unspecified atom stereocenters. The Morgan fingerprint density at radius 1 is 1.11 bits per heavy atom. The molecule has 0 atom stereocenters. The highest BCUT2D eigenvalue weighted by molar-refractivity contribution is 6.03. The lowest BCUT2D eigenvalue weighted by Crippen LogP contribution is -2.37. The number of carbonyl (C=O) groups is 2. The molecule has 0 aliphatic carbocycles. The van der Waals surface area contributed by atoms with E-state index in [-0.39, 0.29) is 24.2 Å². The normalized spacial score (nSPS) is 14.0. The quantitative estimate of drug-likeness (QED) is 0.755. The second-order valence-electron chi connectivity index (χ2n) is 6.68. The van der Waals surface area contributed by atoms with Crippen LogP contribution in [0.5, 0.6) is 0 Å². The van der Waals surface area contributed by atoms with Gasteiger partial charge in [-0.2, -0.15) is 0 Å². The maximum absolute atomic E-state index is 14.0. The number of fused-ring (bicyclic) bond motifs is 1. The van der Waals surface area contributed by atoms with Crippen molar-refractivity contribution in [3.63, 3.8) is 0 Å². The minimum Gasteiger partial charge on any atom is -0.324 e. The second kappa shape index (κ2) is 7.26. The highest BCUT2D eigenvalue weighted by Gasteiger charge is 2.32. The number of anilines is 2. The van der Waals surface area contributed by atoms with Gasteiger partial charge in [-0.25, -0.2) is 9.18 Å². The number of aromatic nitrogens is 1. The van der Waals surface area contributed by atoms with Crippen molar-refractivity contribution in [3.05, 3.63) is 66.1 Å². The monoisotopic (exact) mass is 378 g/mol. The molecular formula is C21H19FN4O2. The summed E-state index contributed by atoms with van der Waals surface area (Å²) in [6, 6.07) is 15.0. The van der Waals surface area contributed by atoms with Crippen molar-refractivity contribution in [2.24, 2.45) is 0 Å². The molecule has 2 heterocycles. The zero-order chi connectivity index (χ0) is 19.7. The van der Waals surface area contributed by atoms with Crippen molar-refractivity contribution in [2.45, 2.75) is 6.92 Å². The third-order valence-corrected chi connectivity index (χ3v) is 4.72. The first-order valence-electron chi connectivity index (χ1n) is 9.00. The number of para-hydroxylation sites is 1. The minimum absolute atomic E-state index is 0.0978. The molecule has 3 aromatic rings. The van der Waals surface area contributed by atoms with Crippen LogP contribution in [0.15, 0.2) is 54.6 Å². The third kappa shape index (κ3) is 3.38. The molecule has 0 bridgehead atoms. The zero-order valence-corrected chi connectivity index (χ0v) is 15.4. The van der Waals surface area contributed by atoms with Gasteiger partial charge in [0.25, 0.3) is 0 Å². The Balaban J connectivity index is 1.46. The summed E-state index contributed by atoms with van der Waals surface area (Å²) < 4.78 is 14.0. The molecule has 6 nitrogen and oxygen atoms in total. The smallest absolute Gasteiger partial charge is 0.324 e. The molecular weight excluding hydrogens is 359 g/mol. The number of nitrogens with one attached hydrogen (secondary N) is 1. The highest BCUT2D eigenvalue weighted by Crippen LogP contribution is 2.24. The summed E-state index contributed by atoms with van der Waals surface area (Å²) in [4.78, 5) is 32.3. The van der Waals surface area contributed by atoms with Crippen LogP contribution in [0.25, 0.3) is 10.9 Å². The van der Waals surface area contributed by atoms with Crippen LogP contribution in [0.2, 0.25) is 0 Å². The maximum Gasteiger partial charge on any atom is 0.325 e. The van der Waals surface area contributed by atoms with Gasteiger partial charge in [0.1, 0.15) is 12.4 Å². The van der Waals surface area contributed by atoms with Crippen LogP contribution >= 0.6 is 0 Å². The number of halogens is 1. The molecule has 1 N–H and O–H groups in total. The van der Waals surface area contributed by atoms with E-state index in [1.165, 1.54) is 15.9 Å². The summed E-state index contributed by atoms with van der Waals surface area (Å²) in [5, 5.41) is 3.69. The number of rotatable bonds is 4. The Morgan fingerprint density at radius 2 is 1.93 bits per heavy atom. The summed E-state index contributed by atoms with van der Waals surface area (Å²) in [5.74, 6) is -0.766. The standard InChI is InChI=1S/C21H19FN4O2/c1-14-9-10-15-17(23-14)6-4-7-18(15)24-20(27)13-25-11-12-26(21(25)28)19-8-3-2-5-16(19)22/h2-10H,11-13H2,1H3,(H,24,27). The molecule has 142 valence electrons. The fraction of sp³-hybridized carbons (Fsp3) is 0.190. The molecule has 1 aliphatic heterocycles. The van der Waals surface area contributed by atoms with E-state index in [2.05, 4.69) is 10.3 Å². The number of hydrogen-bond donors (Lipinski definition) is 1. The van der Waals surface area contributed by atoms with Gasteiger partial charge in [-0.1, -0.05) is 18.2 Å². The van der Waals surface area contributed by atoms with E-state index < -0.39 is 5.82 Å². The Labute approximate surface area is 161 Å². The summed E-state index contributed by atoms with van der Waals surface area (Å²) in [7, 11) is 0. The van der Waals surface area contributed by atoms with Crippen LogP contribution in [-0.2, 0) is 4.79 Å². The van der Waals surface area contributed by atoms with Crippen molar-refractivity contribution in [1.82, 2.24) is 9.88 Å². The van der Waals surface area contributed by atoms with E-state index in [0.717, 1.165) is 16.6 Å². The fourth-order valence-corrected chi connectivity index (χ4v) is 3.35. The van der Waals surface area contributed by atoms with Crippen LogP contribution in [0, 0.1) is 12.7 Å². The van der Waals surface area contributed by atoms with Gasteiger partial charge in [0.05, 0.1) is 16.9 Å². The van der Waals surface area contributed by atoms with E-state index in [1.54, 1.807) is 24.3 Å². The second-order valence-corrected chi connectivity index (χ2v) is 6.68. The van der Waals surface area contributed by atoms with Crippen LogP contribution in [0.1, 0.15) is 5.69 Å². The molecule has 7 heteroatoms. The Hall–Kier alpha value is -3.48. The molecule has 2 aromatic carbocycles. The number of urea groups is 1. The first-order chi connectivity index (χ1) is 13.5. The summed E-state index contributed by atoms with van der Waals surface area (Å²) >= 11 is 0. The minimum atomic E-state index is -0.458. The average Bonchev–Trinajstić information content (AvgIpc) is 3.02. The fourth-order valence-electron chi connectivity index (χ4n) is 3.35. The van der Waals surface area contributed by atoms with Gasteiger partial charge in [-0.05, 0) is 43.3 Å². The van der Waals surface area contributed by atoms with Crippen LogP contribution in [-0.4, -0.2) is 41.5 Å². The van der Waals surface area contributed by atoms with Gasteiger partial charge >= 0.3 is 6.03 Å². The van der Waals surface area contributed by atoms with Gasteiger partial charge in [0.2, 0.25) is 5.91 Å². The Kier molecular flexibility index (Phi) is 4.65. The first-order valence-corrected chi connectivity index (χ1v) is 9.00. The van der Waals surface area contributed by atoms with Crippen molar-refractivity contribution in [3.8, 4) is 0 Å². The number of pyridine rings is 1. The van der Waals surface area contributed by atoms with E-state index in [9.17, 15) is 14.0 Å². The van der Waals surface area contributed by atoms with Gasteiger partial charge < -0.3 is 10.2 Å². The molecule has 4 rings (SSSR count). The van der Waals surface area contributed by atoms with E-state index in [4.69, 9.17) is 0 Å². The van der Waals surface area contributed by atoms with Gasteiger partial charge in [0, 0.05) is 24.2 Å². The number of carbonyl (C=O) groups excluding carboxylic acids is 2. The molecule has 0 spiro atoms. The number of nitrogens with zero attached hydrogens (tertiary/aromatic N) is 3. The van der Waals surface area contributed by atoms with Gasteiger partial charge in [0.15, 0.2) is 0 Å². The molecule has 1 aromatic heterocycles. The van der Waals surface area contributed by atoms with Crippen molar-refractivity contribution in [1.29, 1.82) is 0 Å². The van der Waals surface area contributed by atoms with Crippen molar-refractivity contribution >= 4 is 34.2 Å². The number of benzene rings is 2. The molecule has 1 aliphatic rings. The predicted octanol–water partition coefficient (Wildman–Crippen LogP) is 3.56. The zero-order valence-electron chi connectivity index (χ0n) is 15.4. The topological polar surface area (TPSA) is 65.5 Å². The van der Waals surface area contributed by atoms with Gasteiger partial charge in [-0.3, -0.25) is 14.7 Å². The molecule has 0 radical (unpaired) electrons. The third-order valence-electron chi connectivity index (χ3n) is 4.72. The van der Waals surface area contributed by atoms with Crippen LogP contribution in [0.3, 0.4) is 0 Å². The van der Waals surface area contributed by atoms with Crippen LogP contribution in [0.4, 0.5) is 20.6 Å². The Morgan fingerprint density at radius 3 is 2.75 bits per heavy atom. The number of amides is 3. The van der Waals surface area contributed by atoms with Crippen LogP contribution < -0.4 is 10.2 Å². The lowest BCUT2D eigenvalue weighted by atomic mass is 10.1. The SMILES string of the molecule is Cc1ccc2c(NC(=O)CN3CCN(c4ccccc4F)C3=O)cccc2n1. The number of hydrogen-bond acceptors (Lipinski definition) is 3. The van der Waals surface area contributed by atoms with E-state index in [0.29, 0.717) is 18.8 Å². The average molecular weight is 378 g/mol. The Bertz CT molecular complexity index is 1070. The highest BCUT2D eigenvalue weighted by atomic mass is 19.1. The van der Waals surface area contributed by atoms with Crippen molar-refractivity contribution < 1.29 is 14.0 Å². The molecule has 3 amide bonds. The predicted molar refractivity (Wildman–Crippen MR) is 106 cm³/mol. The van der Waals surface area contributed by atoms with E-state index >= 15 is 0 Å². The molecule has 1 fully saturated rings. The van der Waals surface area contributed by atoms with E-state index in [1.807, 2.05) is 31.2 Å². The van der Waals surface area contributed by atoms with Gasteiger partial charge in [-0.15, -0.1) is 0 Å². The molecule has 1 saturated heterocycles. The summed E-state index contributed by atoms with van der Waals surface area (Å²) in [6.45, 7) is 2.51. The lowest BCUT2D eigenvalue weighted by Gasteiger charge is -2.19. The van der Waals surface area contributed by atoms with Crippen molar-refractivity contribution in [2.75, 3.05) is 29.9 Å².